The van der Waals surface area contributed by atoms with Crippen LogP contribution in [0.1, 0.15) is 23.9 Å². The fourth-order valence-corrected chi connectivity index (χ4v) is 2.48. The summed E-state index contributed by atoms with van der Waals surface area (Å²) in [5.74, 6) is -1.18. The second kappa shape index (κ2) is 7.77. The molecular formula is C17H20N4O5. The molecule has 9 nitrogen and oxygen atoms in total. The number of nitrogens with one attached hydrogen (secondary N) is 1. The van der Waals surface area contributed by atoms with Gasteiger partial charge in [0.2, 0.25) is 0 Å². The number of benzene rings is 1. The van der Waals surface area contributed by atoms with E-state index in [4.69, 9.17) is 4.74 Å². The molecule has 0 bridgehead atoms. The minimum Gasteiger partial charge on any atom is -0.451 e. The van der Waals surface area contributed by atoms with E-state index in [9.17, 15) is 19.7 Å². The van der Waals surface area contributed by atoms with Crippen LogP contribution >= 0.6 is 0 Å². The molecule has 1 amide bonds. The summed E-state index contributed by atoms with van der Waals surface area (Å²) in [4.78, 5) is 34.6. The summed E-state index contributed by atoms with van der Waals surface area (Å²) in [6.45, 7) is 6.02. The number of esters is 1. The number of carbonyl (C=O) groups is 2. The molecule has 0 saturated heterocycles. The van der Waals surface area contributed by atoms with Gasteiger partial charge in [-0.2, -0.15) is 5.10 Å². The van der Waals surface area contributed by atoms with Gasteiger partial charge in [0, 0.05) is 5.69 Å². The van der Waals surface area contributed by atoms with Crippen LogP contribution in [0.4, 0.5) is 11.4 Å². The highest BCUT2D eigenvalue weighted by atomic mass is 16.6. The lowest BCUT2D eigenvalue weighted by molar-refractivity contribution is -0.386. The molecule has 1 heterocycles. The van der Waals surface area contributed by atoms with Crippen molar-refractivity contribution >= 4 is 23.3 Å². The van der Waals surface area contributed by atoms with E-state index < -0.39 is 22.9 Å². The summed E-state index contributed by atoms with van der Waals surface area (Å²) in [6.07, 6.45) is -1.02. The molecule has 9 heteroatoms. The molecule has 1 N–H and O–H groups in total. The van der Waals surface area contributed by atoms with E-state index in [-0.39, 0.29) is 23.6 Å². The Balaban J connectivity index is 1.98. The Morgan fingerprint density at radius 1 is 1.35 bits per heavy atom. The Bertz CT molecular complexity index is 859. The number of rotatable bonds is 6. The van der Waals surface area contributed by atoms with Gasteiger partial charge >= 0.3 is 11.7 Å². The second-order valence-electron chi connectivity index (χ2n) is 5.93. The summed E-state index contributed by atoms with van der Waals surface area (Å²) in [5, 5.41) is 17.6. The molecule has 0 aliphatic carbocycles. The molecule has 0 aliphatic rings. The predicted molar refractivity (Wildman–Crippen MR) is 93.7 cm³/mol. The van der Waals surface area contributed by atoms with Crippen molar-refractivity contribution in [3.63, 3.8) is 0 Å². The van der Waals surface area contributed by atoms with Gasteiger partial charge in [-0.15, -0.1) is 0 Å². The molecule has 0 radical (unpaired) electrons. The average Bonchev–Trinajstić information content (AvgIpc) is 2.80. The number of hydrogen-bond donors (Lipinski definition) is 1. The van der Waals surface area contributed by atoms with Gasteiger partial charge in [-0.05, 0) is 45.4 Å². The normalized spacial score (nSPS) is 11.7. The maximum Gasteiger partial charge on any atom is 0.328 e. The maximum absolute atomic E-state index is 12.1. The Hall–Kier alpha value is -3.23. The molecule has 0 aliphatic heterocycles. The first-order valence-electron chi connectivity index (χ1n) is 7.94. The smallest absolute Gasteiger partial charge is 0.328 e. The monoisotopic (exact) mass is 360 g/mol. The number of carbonyl (C=O) groups excluding carboxylic acids is 2. The van der Waals surface area contributed by atoms with Gasteiger partial charge < -0.3 is 10.1 Å². The Morgan fingerprint density at radius 2 is 2.04 bits per heavy atom. The van der Waals surface area contributed by atoms with Crippen LogP contribution in [0.2, 0.25) is 0 Å². The molecule has 0 spiro atoms. The predicted octanol–water partition coefficient (Wildman–Crippen LogP) is 2.29. The van der Waals surface area contributed by atoms with Crippen LogP contribution in [0.15, 0.2) is 24.3 Å². The standard InChI is InChI=1S/C17H20N4O5/c1-10-6-5-7-14(8-10)18-17(23)13(4)26-15(22)9-20-12(3)16(21(24)25)11(2)19-20/h5-8,13H,9H2,1-4H3,(H,18,23)/t13-/m0/s1. The fraction of sp³-hybridized carbons (Fsp3) is 0.353. The van der Waals surface area contributed by atoms with Gasteiger partial charge in [0.15, 0.2) is 6.10 Å². The fourth-order valence-electron chi connectivity index (χ4n) is 2.48. The zero-order chi connectivity index (χ0) is 19.4. The van der Waals surface area contributed by atoms with Crippen molar-refractivity contribution in [1.29, 1.82) is 0 Å². The molecule has 26 heavy (non-hydrogen) atoms. The van der Waals surface area contributed by atoms with Crippen LogP contribution in [0, 0.1) is 30.9 Å². The summed E-state index contributed by atoms with van der Waals surface area (Å²) >= 11 is 0. The maximum atomic E-state index is 12.1. The van der Waals surface area contributed by atoms with Gasteiger partial charge in [0.1, 0.15) is 17.9 Å². The van der Waals surface area contributed by atoms with Crippen molar-refractivity contribution in [2.24, 2.45) is 0 Å². The van der Waals surface area contributed by atoms with Gasteiger partial charge in [-0.25, -0.2) is 0 Å². The molecule has 0 fully saturated rings. The lowest BCUT2D eigenvalue weighted by atomic mass is 10.2. The van der Waals surface area contributed by atoms with Crippen LogP contribution in [0.5, 0.6) is 0 Å². The number of amides is 1. The van der Waals surface area contributed by atoms with Gasteiger partial charge in [0.05, 0.1) is 4.92 Å². The summed E-state index contributed by atoms with van der Waals surface area (Å²) in [6, 6.07) is 7.22. The molecule has 0 unspecified atom stereocenters. The van der Waals surface area contributed by atoms with Gasteiger partial charge in [-0.3, -0.25) is 24.4 Å². The Labute approximate surface area is 150 Å². The highest BCUT2D eigenvalue weighted by Gasteiger charge is 2.24. The van der Waals surface area contributed by atoms with E-state index in [1.807, 2.05) is 13.0 Å². The molecule has 0 saturated carbocycles. The van der Waals surface area contributed by atoms with Gasteiger partial charge in [0.25, 0.3) is 5.91 Å². The highest BCUT2D eigenvalue weighted by Crippen LogP contribution is 2.21. The molecule has 138 valence electrons. The minimum atomic E-state index is -1.02. The molecule has 2 rings (SSSR count). The number of ether oxygens (including phenoxy) is 1. The van der Waals surface area contributed by atoms with E-state index >= 15 is 0 Å². The summed E-state index contributed by atoms with van der Waals surface area (Å²) in [7, 11) is 0. The van der Waals surface area contributed by atoms with E-state index in [1.54, 1.807) is 18.2 Å². The average molecular weight is 360 g/mol. The first-order valence-corrected chi connectivity index (χ1v) is 7.94. The van der Waals surface area contributed by atoms with Crippen LogP contribution in [0.25, 0.3) is 0 Å². The van der Waals surface area contributed by atoms with Crippen molar-refractivity contribution in [2.75, 3.05) is 5.32 Å². The van der Waals surface area contributed by atoms with Gasteiger partial charge in [-0.1, -0.05) is 12.1 Å². The second-order valence-corrected chi connectivity index (χ2v) is 5.93. The quantitative estimate of drug-likeness (QED) is 0.480. The Kier molecular flexibility index (Phi) is 5.71. The van der Waals surface area contributed by atoms with Crippen molar-refractivity contribution in [2.45, 2.75) is 40.3 Å². The zero-order valence-corrected chi connectivity index (χ0v) is 15.0. The number of aryl methyl sites for hydroxylation is 2. The number of hydrogen-bond acceptors (Lipinski definition) is 6. The largest absolute Gasteiger partial charge is 0.451 e. The zero-order valence-electron chi connectivity index (χ0n) is 15.0. The topological polar surface area (TPSA) is 116 Å². The molecule has 2 aromatic rings. The van der Waals surface area contributed by atoms with Crippen molar-refractivity contribution in [1.82, 2.24) is 9.78 Å². The number of nitrogens with zero attached hydrogens (tertiary/aromatic N) is 3. The first kappa shape index (κ1) is 19.1. The minimum absolute atomic E-state index is 0.136. The van der Waals surface area contributed by atoms with E-state index in [2.05, 4.69) is 10.4 Å². The number of aromatic nitrogens is 2. The van der Waals surface area contributed by atoms with Crippen molar-refractivity contribution in [3.8, 4) is 0 Å². The van der Waals surface area contributed by atoms with Crippen LogP contribution in [0.3, 0.4) is 0 Å². The lowest BCUT2D eigenvalue weighted by Crippen LogP contribution is -2.31. The number of nitro groups is 1. The molecular weight excluding hydrogens is 340 g/mol. The Morgan fingerprint density at radius 3 is 2.62 bits per heavy atom. The highest BCUT2D eigenvalue weighted by molar-refractivity contribution is 5.95. The molecule has 1 atom stereocenters. The molecule has 1 aromatic carbocycles. The first-order chi connectivity index (χ1) is 12.2. The third-order valence-electron chi connectivity index (χ3n) is 3.77. The third-order valence-corrected chi connectivity index (χ3v) is 3.77. The van der Waals surface area contributed by atoms with Crippen molar-refractivity contribution < 1.29 is 19.2 Å². The lowest BCUT2D eigenvalue weighted by Gasteiger charge is -2.14. The van der Waals surface area contributed by atoms with Crippen LogP contribution < -0.4 is 5.32 Å². The van der Waals surface area contributed by atoms with Crippen molar-refractivity contribution in [3.05, 3.63) is 51.3 Å². The van der Waals surface area contributed by atoms with E-state index in [0.29, 0.717) is 5.69 Å². The van der Waals surface area contributed by atoms with E-state index in [1.165, 1.54) is 25.5 Å². The van der Waals surface area contributed by atoms with Crippen LogP contribution in [-0.2, 0) is 20.9 Å². The SMILES string of the molecule is Cc1cccc(NC(=O)[C@H](C)OC(=O)Cn2nc(C)c([N+](=O)[O-])c2C)c1. The summed E-state index contributed by atoms with van der Waals surface area (Å²) < 4.78 is 6.30. The molecule has 1 aromatic heterocycles. The van der Waals surface area contributed by atoms with E-state index in [0.717, 1.165) is 5.56 Å². The third kappa shape index (κ3) is 4.44. The summed E-state index contributed by atoms with van der Waals surface area (Å²) in [5.41, 5.74) is 1.92. The number of anilines is 1. The van der Waals surface area contributed by atoms with Crippen LogP contribution in [-0.4, -0.2) is 32.7 Å².